The fourth-order valence-corrected chi connectivity index (χ4v) is 3.58. The fraction of sp³-hybridized carbons (Fsp3) is 0.381. The number of likely N-dealkylation sites (N-methyl/N-ethyl adjacent to an activating group) is 1. The van der Waals surface area contributed by atoms with E-state index in [1.807, 2.05) is 48.5 Å². The summed E-state index contributed by atoms with van der Waals surface area (Å²) in [6.07, 6.45) is 0. The molecule has 6 heteroatoms. The van der Waals surface area contributed by atoms with Crippen LogP contribution in [0.3, 0.4) is 0 Å². The Morgan fingerprint density at radius 1 is 1.15 bits per heavy atom. The summed E-state index contributed by atoms with van der Waals surface area (Å²) >= 11 is 7.54. The molecule has 0 fully saturated rings. The SMILES string of the molecule is CCN(CC)CCOc1ccccc1NC(=O)CSCc1cccc(Cl)c1. The lowest BCUT2D eigenvalue weighted by molar-refractivity contribution is -0.113. The van der Waals surface area contributed by atoms with E-state index in [4.69, 9.17) is 16.3 Å². The van der Waals surface area contributed by atoms with Gasteiger partial charge in [0.05, 0.1) is 11.4 Å². The molecule has 2 rings (SSSR count). The lowest BCUT2D eigenvalue weighted by Gasteiger charge is -2.19. The van der Waals surface area contributed by atoms with Crippen LogP contribution >= 0.6 is 23.4 Å². The third kappa shape index (κ3) is 7.83. The highest BCUT2D eigenvalue weighted by Gasteiger charge is 2.09. The van der Waals surface area contributed by atoms with Crippen molar-refractivity contribution in [3.8, 4) is 5.75 Å². The smallest absolute Gasteiger partial charge is 0.234 e. The second kappa shape index (κ2) is 11.9. The predicted octanol–water partition coefficient (Wildman–Crippen LogP) is 4.93. The van der Waals surface area contributed by atoms with Gasteiger partial charge in [0.1, 0.15) is 12.4 Å². The van der Waals surface area contributed by atoms with Gasteiger partial charge in [0.15, 0.2) is 0 Å². The van der Waals surface area contributed by atoms with Gasteiger partial charge in [0.25, 0.3) is 0 Å². The number of carbonyl (C=O) groups excluding carboxylic acids is 1. The number of halogens is 1. The van der Waals surface area contributed by atoms with Crippen LogP contribution in [0.5, 0.6) is 5.75 Å². The zero-order chi connectivity index (χ0) is 19.5. The topological polar surface area (TPSA) is 41.6 Å². The van der Waals surface area contributed by atoms with Crippen LogP contribution < -0.4 is 10.1 Å². The molecule has 2 aromatic carbocycles. The van der Waals surface area contributed by atoms with Crippen LogP contribution in [0.2, 0.25) is 5.02 Å². The number of thioether (sulfide) groups is 1. The molecule has 2 aromatic rings. The number of nitrogens with one attached hydrogen (secondary N) is 1. The Morgan fingerprint density at radius 2 is 1.93 bits per heavy atom. The summed E-state index contributed by atoms with van der Waals surface area (Å²) in [5.74, 6) is 1.79. The van der Waals surface area contributed by atoms with Crippen LogP contribution in [0.15, 0.2) is 48.5 Å². The van der Waals surface area contributed by atoms with Crippen molar-refractivity contribution in [3.63, 3.8) is 0 Å². The molecule has 0 radical (unpaired) electrons. The minimum Gasteiger partial charge on any atom is -0.490 e. The van der Waals surface area contributed by atoms with Crippen LogP contribution in [0.1, 0.15) is 19.4 Å². The number of anilines is 1. The van der Waals surface area contributed by atoms with E-state index >= 15 is 0 Å². The summed E-state index contributed by atoms with van der Waals surface area (Å²) < 4.78 is 5.88. The third-order valence-corrected chi connectivity index (χ3v) is 5.35. The molecule has 0 aliphatic rings. The predicted molar refractivity (Wildman–Crippen MR) is 116 cm³/mol. The van der Waals surface area contributed by atoms with Crippen molar-refractivity contribution in [1.82, 2.24) is 4.90 Å². The van der Waals surface area contributed by atoms with Crippen LogP contribution in [0, 0.1) is 0 Å². The first-order valence-corrected chi connectivity index (χ1v) is 10.7. The first-order valence-electron chi connectivity index (χ1n) is 9.18. The van der Waals surface area contributed by atoms with Crippen molar-refractivity contribution in [2.24, 2.45) is 0 Å². The Morgan fingerprint density at radius 3 is 2.67 bits per heavy atom. The zero-order valence-electron chi connectivity index (χ0n) is 15.9. The van der Waals surface area contributed by atoms with Crippen molar-refractivity contribution in [3.05, 3.63) is 59.1 Å². The van der Waals surface area contributed by atoms with E-state index < -0.39 is 0 Å². The lowest BCUT2D eigenvalue weighted by atomic mass is 10.2. The summed E-state index contributed by atoms with van der Waals surface area (Å²) in [7, 11) is 0. The highest BCUT2D eigenvalue weighted by Crippen LogP contribution is 2.24. The highest BCUT2D eigenvalue weighted by atomic mass is 35.5. The summed E-state index contributed by atoms with van der Waals surface area (Å²) in [6, 6.07) is 15.3. The van der Waals surface area contributed by atoms with Gasteiger partial charge in [-0.1, -0.05) is 49.7 Å². The lowest BCUT2D eigenvalue weighted by Crippen LogP contribution is -2.28. The van der Waals surface area contributed by atoms with Crippen molar-refractivity contribution in [2.45, 2.75) is 19.6 Å². The number of nitrogens with zero attached hydrogens (tertiary/aromatic N) is 1. The maximum absolute atomic E-state index is 12.3. The molecule has 146 valence electrons. The summed E-state index contributed by atoms with van der Waals surface area (Å²) in [5.41, 5.74) is 1.82. The Labute approximate surface area is 171 Å². The van der Waals surface area contributed by atoms with E-state index in [9.17, 15) is 4.79 Å². The molecular weight excluding hydrogens is 380 g/mol. The van der Waals surface area contributed by atoms with Crippen molar-refractivity contribution < 1.29 is 9.53 Å². The van der Waals surface area contributed by atoms with Crippen LogP contribution in [0.4, 0.5) is 5.69 Å². The minimum absolute atomic E-state index is 0.0400. The molecule has 0 unspecified atom stereocenters. The van der Waals surface area contributed by atoms with E-state index in [2.05, 4.69) is 24.1 Å². The van der Waals surface area contributed by atoms with Crippen LogP contribution in [0.25, 0.3) is 0 Å². The molecule has 0 heterocycles. The van der Waals surface area contributed by atoms with Gasteiger partial charge in [-0.2, -0.15) is 0 Å². The van der Waals surface area contributed by atoms with E-state index in [0.29, 0.717) is 28.8 Å². The number of hydrogen-bond acceptors (Lipinski definition) is 4. The Balaban J connectivity index is 1.81. The largest absolute Gasteiger partial charge is 0.490 e. The number of ether oxygens (including phenoxy) is 1. The quantitative estimate of drug-likeness (QED) is 0.574. The molecular formula is C21H27ClN2O2S. The van der Waals surface area contributed by atoms with Gasteiger partial charge in [0.2, 0.25) is 5.91 Å². The van der Waals surface area contributed by atoms with Gasteiger partial charge in [-0.3, -0.25) is 4.79 Å². The van der Waals surface area contributed by atoms with Crippen LogP contribution in [-0.4, -0.2) is 42.8 Å². The molecule has 4 nitrogen and oxygen atoms in total. The second-order valence-electron chi connectivity index (χ2n) is 6.04. The van der Waals surface area contributed by atoms with Gasteiger partial charge >= 0.3 is 0 Å². The monoisotopic (exact) mass is 406 g/mol. The first-order chi connectivity index (χ1) is 13.1. The maximum Gasteiger partial charge on any atom is 0.234 e. The molecule has 0 bridgehead atoms. The highest BCUT2D eigenvalue weighted by molar-refractivity contribution is 7.99. The first kappa shape index (κ1) is 21.6. The van der Waals surface area contributed by atoms with E-state index in [-0.39, 0.29) is 5.91 Å². The van der Waals surface area contributed by atoms with E-state index in [0.717, 1.165) is 31.0 Å². The maximum atomic E-state index is 12.3. The molecule has 0 aromatic heterocycles. The fourth-order valence-electron chi connectivity index (χ4n) is 2.59. The number of rotatable bonds is 11. The van der Waals surface area contributed by atoms with Crippen molar-refractivity contribution >= 4 is 35.0 Å². The Kier molecular flexibility index (Phi) is 9.53. The second-order valence-corrected chi connectivity index (χ2v) is 7.46. The standard InChI is InChI=1S/C21H27ClN2O2S/c1-3-24(4-2)12-13-26-20-11-6-5-10-19(20)23-21(25)16-27-15-17-8-7-9-18(22)14-17/h5-11,14H,3-4,12-13,15-16H2,1-2H3,(H,23,25). The Bertz CT molecular complexity index is 723. The molecule has 0 aliphatic carbocycles. The average Bonchev–Trinajstić information content (AvgIpc) is 2.66. The molecule has 0 saturated heterocycles. The van der Waals surface area contributed by atoms with Crippen molar-refractivity contribution in [2.75, 3.05) is 37.3 Å². The van der Waals surface area contributed by atoms with Crippen molar-refractivity contribution in [1.29, 1.82) is 0 Å². The molecule has 0 saturated carbocycles. The molecule has 27 heavy (non-hydrogen) atoms. The Hall–Kier alpha value is -1.69. The van der Waals surface area contributed by atoms with Gasteiger partial charge in [-0.05, 0) is 42.9 Å². The van der Waals surface area contributed by atoms with E-state index in [1.54, 1.807) is 11.8 Å². The number of carbonyl (C=O) groups is 1. The van der Waals surface area contributed by atoms with Gasteiger partial charge in [-0.25, -0.2) is 0 Å². The zero-order valence-corrected chi connectivity index (χ0v) is 17.5. The number of hydrogen-bond donors (Lipinski definition) is 1. The molecule has 0 atom stereocenters. The molecule has 1 N–H and O–H groups in total. The van der Waals surface area contributed by atoms with Crippen LogP contribution in [-0.2, 0) is 10.5 Å². The summed E-state index contributed by atoms with van der Waals surface area (Å²) in [4.78, 5) is 14.6. The minimum atomic E-state index is -0.0400. The number of para-hydroxylation sites is 2. The molecule has 0 spiro atoms. The molecule has 0 aliphatic heterocycles. The summed E-state index contributed by atoms with van der Waals surface area (Å²) in [6.45, 7) is 7.74. The van der Waals surface area contributed by atoms with Gasteiger partial charge < -0.3 is 15.0 Å². The average molecular weight is 407 g/mol. The third-order valence-electron chi connectivity index (χ3n) is 4.11. The van der Waals surface area contributed by atoms with Gasteiger partial charge in [0, 0.05) is 17.3 Å². The van der Waals surface area contributed by atoms with Gasteiger partial charge in [-0.15, -0.1) is 11.8 Å². The normalized spacial score (nSPS) is 10.8. The van der Waals surface area contributed by atoms with E-state index in [1.165, 1.54) is 0 Å². The molecule has 1 amide bonds. The number of benzene rings is 2. The summed E-state index contributed by atoms with van der Waals surface area (Å²) in [5, 5.41) is 3.67. The number of amides is 1.